The molecule has 9 heteroatoms. The standard InChI is InChI=1S/C22H18F2N6O/c23-15-9-14(10-16(24)20(15)21(25)31)18-5-6-19(30-26)22(29-18)28-11-12-3-4-17-13(8-12)2-1-7-27-17/h1-10,30H,11,26H2,(H2,25,31)(H,28,29). The van der Waals surface area contributed by atoms with E-state index < -0.39 is 23.1 Å². The van der Waals surface area contributed by atoms with E-state index in [2.05, 4.69) is 20.7 Å². The van der Waals surface area contributed by atoms with E-state index >= 15 is 0 Å². The zero-order chi connectivity index (χ0) is 22.0. The second-order valence-corrected chi connectivity index (χ2v) is 6.80. The predicted molar refractivity (Wildman–Crippen MR) is 115 cm³/mol. The largest absolute Gasteiger partial charge is 0.365 e. The maximum absolute atomic E-state index is 14.2. The van der Waals surface area contributed by atoms with Crippen LogP contribution < -0.4 is 22.3 Å². The summed E-state index contributed by atoms with van der Waals surface area (Å²) in [5.74, 6) is 2.69. The second kappa shape index (κ2) is 8.33. The van der Waals surface area contributed by atoms with Gasteiger partial charge in [-0.3, -0.25) is 15.6 Å². The van der Waals surface area contributed by atoms with Gasteiger partial charge in [0.1, 0.15) is 17.2 Å². The number of carbonyl (C=O) groups is 1. The highest BCUT2D eigenvalue weighted by Crippen LogP contribution is 2.28. The van der Waals surface area contributed by atoms with Crippen LogP contribution in [0.3, 0.4) is 0 Å². The van der Waals surface area contributed by atoms with Gasteiger partial charge in [-0.05, 0) is 48.0 Å². The number of hydrogen-bond donors (Lipinski definition) is 4. The van der Waals surface area contributed by atoms with Gasteiger partial charge in [-0.25, -0.2) is 13.8 Å². The van der Waals surface area contributed by atoms with Crippen LogP contribution in [0.5, 0.6) is 0 Å². The minimum absolute atomic E-state index is 0.156. The van der Waals surface area contributed by atoms with Crippen molar-refractivity contribution in [2.45, 2.75) is 6.54 Å². The summed E-state index contributed by atoms with van der Waals surface area (Å²) in [5.41, 5.74) is 9.60. The number of anilines is 2. The van der Waals surface area contributed by atoms with Gasteiger partial charge >= 0.3 is 0 Å². The number of fused-ring (bicyclic) bond motifs is 1. The maximum atomic E-state index is 14.2. The van der Waals surface area contributed by atoms with Crippen molar-refractivity contribution in [1.82, 2.24) is 9.97 Å². The minimum atomic E-state index is -1.18. The SMILES string of the molecule is NNc1ccc(-c2cc(F)c(C(N)=O)c(F)c2)nc1NCc1ccc2ncccc2c1. The molecule has 4 aromatic rings. The molecule has 2 heterocycles. The normalized spacial score (nSPS) is 10.8. The number of nitrogens with zero attached hydrogens (tertiary/aromatic N) is 2. The van der Waals surface area contributed by atoms with Gasteiger partial charge < -0.3 is 16.5 Å². The molecule has 4 rings (SSSR count). The molecule has 0 unspecified atom stereocenters. The molecule has 2 aromatic heterocycles. The van der Waals surface area contributed by atoms with E-state index in [0.717, 1.165) is 28.6 Å². The number of nitrogen functional groups attached to an aromatic ring is 1. The number of hydrazine groups is 1. The lowest BCUT2D eigenvalue weighted by molar-refractivity contribution is 0.0992. The fourth-order valence-electron chi connectivity index (χ4n) is 3.25. The molecule has 0 aliphatic carbocycles. The first-order chi connectivity index (χ1) is 15.0. The van der Waals surface area contributed by atoms with E-state index in [1.165, 1.54) is 0 Å². The molecule has 6 N–H and O–H groups in total. The van der Waals surface area contributed by atoms with Gasteiger partial charge in [0.25, 0.3) is 5.91 Å². The Balaban J connectivity index is 1.64. The molecule has 0 aliphatic rings. The van der Waals surface area contributed by atoms with Crippen molar-refractivity contribution in [3.63, 3.8) is 0 Å². The summed E-state index contributed by atoms with van der Waals surface area (Å²) in [6.07, 6.45) is 1.73. The van der Waals surface area contributed by atoms with Gasteiger partial charge in [0.2, 0.25) is 0 Å². The highest BCUT2D eigenvalue weighted by molar-refractivity contribution is 5.94. The number of halogens is 2. The highest BCUT2D eigenvalue weighted by Gasteiger charge is 2.18. The predicted octanol–water partition coefficient (Wildman–Crippen LogP) is 3.57. The molecule has 0 saturated carbocycles. The van der Waals surface area contributed by atoms with Crippen LogP contribution in [-0.4, -0.2) is 15.9 Å². The number of hydrogen-bond acceptors (Lipinski definition) is 6. The van der Waals surface area contributed by atoms with Crippen molar-refractivity contribution in [1.29, 1.82) is 0 Å². The highest BCUT2D eigenvalue weighted by atomic mass is 19.1. The molecule has 7 nitrogen and oxygen atoms in total. The van der Waals surface area contributed by atoms with Crippen LogP contribution in [0, 0.1) is 11.6 Å². The summed E-state index contributed by atoms with van der Waals surface area (Å²) in [6.45, 7) is 0.430. The molecule has 1 amide bonds. The van der Waals surface area contributed by atoms with Crippen molar-refractivity contribution >= 4 is 28.3 Å². The Morgan fingerprint density at radius 1 is 1.03 bits per heavy atom. The van der Waals surface area contributed by atoms with Crippen molar-refractivity contribution in [3.8, 4) is 11.3 Å². The lowest BCUT2D eigenvalue weighted by atomic mass is 10.1. The first kappa shape index (κ1) is 20.2. The number of benzene rings is 2. The van der Waals surface area contributed by atoms with E-state index in [-0.39, 0.29) is 11.3 Å². The molecular formula is C22H18F2N6O. The zero-order valence-corrected chi connectivity index (χ0v) is 16.2. The molecule has 0 fully saturated rings. The molecule has 0 spiro atoms. The Labute approximate surface area is 176 Å². The first-order valence-electron chi connectivity index (χ1n) is 9.30. The van der Waals surface area contributed by atoms with Gasteiger partial charge in [0, 0.05) is 23.7 Å². The minimum Gasteiger partial charge on any atom is -0.365 e. The van der Waals surface area contributed by atoms with Gasteiger partial charge in [-0.2, -0.15) is 0 Å². The molecule has 0 saturated heterocycles. The molecule has 0 aliphatic heterocycles. The third-order valence-electron chi connectivity index (χ3n) is 4.76. The Bertz CT molecular complexity index is 1270. The quantitative estimate of drug-likeness (QED) is 0.280. The Morgan fingerprint density at radius 2 is 1.81 bits per heavy atom. The average Bonchev–Trinajstić information content (AvgIpc) is 2.76. The second-order valence-electron chi connectivity index (χ2n) is 6.80. The third-order valence-corrected chi connectivity index (χ3v) is 4.76. The molecule has 0 atom stereocenters. The number of rotatable bonds is 6. The summed E-state index contributed by atoms with van der Waals surface area (Å²) in [7, 11) is 0. The number of nitrogens with one attached hydrogen (secondary N) is 2. The average molecular weight is 420 g/mol. The number of primary amides is 1. The molecule has 0 bridgehead atoms. The molecule has 2 aromatic carbocycles. The number of nitrogens with two attached hydrogens (primary N) is 2. The molecule has 156 valence electrons. The van der Waals surface area contributed by atoms with Crippen molar-refractivity contribution in [2.24, 2.45) is 11.6 Å². The monoisotopic (exact) mass is 420 g/mol. The van der Waals surface area contributed by atoms with Gasteiger partial charge in [0.15, 0.2) is 5.82 Å². The topological polar surface area (TPSA) is 119 Å². The summed E-state index contributed by atoms with van der Waals surface area (Å²) >= 11 is 0. The Kier molecular flexibility index (Phi) is 5.42. The summed E-state index contributed by atoms with van der Waals surface area (Å²) in [4.78, 5) is 19.9. The van der Waals surface area contributed by atoms with Crippen LogP contribution in [0.25, 0.3) is 22.2 Å². The van der Waals surface area contributed by atoms with Gasteiger partial charge in [-0.15, -0.1) is 0 Å². The maximum Gasteiger partial charge on any atom is 0.254 e. The number of pyridine rings is 2. The molecule has 31 heavy (non-hydrogen) atoms. The van der Waals surface area contributed by atoms with Crippen LogP contribution in [-0.2, 0) is 6.54 Å². The smallest absolute Gasteiger partial charge is 0.254 e. The lowest BCUT2D eigenvalue weighted by Gasteiger charge is -2.13. The van der Waals surface area contributed by atoms with Gasteiger partial charge in [-0.1, -0.05) is 12.1 Å². The fourth-order valence-corrected chi connectivity index (χ4v) is 3.25. The van der Waals surface area contributed by atoms with Crippen LogP contribution in [0.1, 0.15) is 15.9 Å². The van der Waals surface area contributed by atoms with Crippen LogP contribution in [0.4, 0.5) is 20.3 Å². The summed E-state index contributed by atoms with van der Waals surface area (Å²) in [5, 5.41) is 4.18. The van der Waals surface area contributed by atoms with Crippen molar-refractivity contribution in [3.05, 3.63) is 83.6 Å². The summed E-state index contributed by atoms with van der Waals surface area (Å²) in [6, 6.07) is 14.9. The Morgan fingerprint density at radius 3 is 2.52 bits per heavy atom. The first-order valence-corrected chi connectivity index (χ1v) is 9.30. The van der Waals surface area contributed by atoms with E-state index in [1.54, 1.807) is 18.3 Å². The summed E-state index contributed by atoms with van der Waals surface area (Å²) < 4.78 is 28.3. The van der Waals surface area contributed by atoms with Gasteiger partial charge in [0.05, 0.1) is 16.9 Å². The third kappa shape index (κ3) is 4.12. The number of amides is 1. The van der Waals surface area contributed by atoms with E-state index in [0.29, 0.717) is 18.1 Å². The number of aromatic nitrogens is 2. The zero-order valence-electron chi connectivity index (χ0n) is 16.2. The van der Waals surface area contributed by atoms with E-state index in [4.69, 9.17) is 11.6 Å². The number of carbonyl (C=O) groups excluding carboxylic acids is 1. The molecule has 0 radical (unpaired) electrons. The van der Waals surface area contributed by atoms with E-state index in [9.17, 15) is 13.6 Å². The fraction of sp³-hybridized carbons (Fsp3) is 0.0455. The lowest BCUT2D eigenvalue weighted by Crippen LogP contribution is -2.15. The van der Waals surface area contributed by atoms with Crippen LogP contribution >= 0.6 is 0 Å². The molecular weight excluding hydrogens is 402 g/mol. The van der Waals surface area contributed by atoms with Crippen molar-refractivity contribution < 1.29 is 13.6 Å². The van der Waals surface area contributed by atoms with E-state index in [1.807, 2.05) is 30.3 Å². The van der Waals surface area contributed by atoms with Crippen LogP contribution in [0.15, 0.2) is 60.8 Å². The van der Waals surface area contributed by atoms with Crippen molar-refractivity contribution in [2.75, 3.05) is 10.7 Å². The Hall–Kier alpha value is -4.11. The van der Waals surface area contributed by atoms with Crippen LogP contribution in [0.2, 0.25) is 0 Å².